The van der Waals surface area contributed by atoms with Crippen LogP contribution < -0.4 is 0 Å². The highest BCUT2D eigenvalue weighted by Crippen LogP contribution is 2.41. The maximum absolute atomic E-state index is 13.3. The van der Waals surface area contributed by atoms with Gasteiger partial charge in [-0.2, -0.15) is 0 Å². The second kappa shape index (κ2) is 4.60. The Bertz CT molecular complexity index is 501. The first-order chi connectivity index (χ1) is 8.49. The van der Waals surface area contributed by atoms with E-state index in [9.17, 15) is 9.18 Å². The molecule has 1 atom stereocenters. The monoisotopic (exact) mass is 264 g/mol. The number of hydrazine groups is 1. The summed E-state index contributed by atoms with van der Waals surface area (Å²) in [5.41, 5.74) is 0.565. The van der Waals surface area contributed by atoms with Gasteiger partial charge in [0.1, 0.15) is 5.82 Å². The van der Waals surface area contributed by atoms with Crippen molar-refractivity contribution in [2.75, 3.05) is 13.1 Å². The summed E-state index contributed by atoms with van der Waals surface area (Å²) in [4.78, 5) is 12.4. The maximum atomic E-state index is 13.3. The van der Waals surface area contributed by atoms with E-state index in [0.29, 0.717) is 0 Å². The predicted molar refractivity (Wildman–Crippen MR) is 72.7 cm³/mol. The third-order valence-corrected chi connectivity index (χ3v) is 3.86. The third-order valence-electron chi connectivity index (χ3n) is 3.86. The number of fused-ring (bicyclic) bond motifs is 1. The van der Waals surface area contributed by atoms with Crippen molar-refractivity contribution in [3.05, 3.63) is 35.6 Å². The zero-order valence-corrected chi connectivity index (χ0v) is 10.7. The largest absolute Gasteiger partial charge is 0.273 e. The quantitative estimate of drug-likeness (QED) is 0.778. The summed E-state index contributed by atoms with van der Waals surface area (Å²) >= 11 is 0. The summed E-state index contributed by atoms with van der Waals surface area (Å²) in [6.07, 6.45) is 0.880. The van der Waals surface area contributed by atoms with Crippen LogP contribution in [-0.2, 0) is 4.79 Å². The molecule has 0 bridgehead atoms. The first kappa shape index (κ1) is 14.0. The highest BCUT2D eigenvalue weighted by atomic mass is 19.1. The fourth-order valence-electron chi connectivity index (χ4n) is 2.98. The zero-order chi connectivity index (χ0) is 12.9. The minimum absolute atomic E-state index is 0. The second-order valence-corrected chi connectivity index (χ2v) is 5.78. The standard InChI is InChI=1S/C14H17FN2O.CH4/c1-14(2)9-16-7-6-12(17(16)13(14)18)10-4-3-5-11(15)8-10;/h3-5,8,12H,6-7,9H2,1-2H3;1H4. The summed E-state index contributed by atoms with van der Waals surface area (Å²) in [6, 6.07) is 6.57. The van der Waals surface area contributed by atoms with Crippen molar-refractivity contribution in [2.24, 2.45) is 5.41 Å². The predicted octanol–water partition coefficient (Wildman–Crippen LogP) is 2.99. The van der Waals surface area contributed by atoms with Gasteiger partial charge in [-0.05, 0) is 38.0 Å². The molecule has 19 heavy (non-hydrogen) atoms. The highest BCUT2D eigenvalue weighted by molar-refractivity contribution is 5.84. The van der Waals surface area contributed by atoms with Crippen LogP contribution in [0.3, 0.4) is 0 Å². The molecule has 0 aromatic heterocycles. The van der Waals surface area contributed by atoms with E-state index in [-0.39, 0.29) is 30.6 Å². The first-order valence-corrected chi connectivity index (χ1v) is 6.33. The van der Waals surface area contributed by atoms with Gasteiger partial charge in [-0.1, -0.05) is 19.6 Å². The summed E-state index contributed by atoms with van der Waals surface area (Å²) in [6.45, 7) is 5.57. The molecule has 0 saturated carbocycles. The molecular formula is C15H21FN2O. The number of hydrogen-bond donors (Lipinski definition) is 0. The van der Waals surface area contributed by atoms with E-state index in [4.69, 9.17) is 0 Å². The van der Waals surface area contributed by atoms with Crippen LogP contribution in [0.5, 0.6) is 0 Å². The average molecular weight is 264 g/mol. The molecule has 2 heterocycles. The van der Waals surface area contributed by atoms with Crippen LogP contribution in [0, 0.1) is 11.2 Å². The molecule has 0 radical (unpaired) electrons. The molecule has 0 N–H and O–H groups in total. The Balaban J connectivity index is 0.00000133. The van der Waals surface area contributed by atoms with Crippen LogP contribution >= 0.6 is 0 Å². The van der Waals surface area contributed by atoms with Gasteiger partial charge in [0.25, 0.3) is 0 Å². The molecular weight excluding hydrogens is 243 g/mol. The van der Waals surface area contributed by atoms with Gasteiger partial charge in [0.2, 0.25) is 5.91 Å². The molecule has 2 aliphatic heterocycles. The number of halogens is 1. The minimum Gasteiger partial charge on any atom is -0.273 e. The topological polar surface area (TPSA) is 23.6 Å². The van der Waals surface area contributed by atoms with Crippen molar-refractivity contribution in [1.82, 2.24) is 10.0 Å². The Morgan fingerprint density at radius 3 is 2.79 bits per heavy atom. The van der Waals surface area contributed by atoms with Gasteiger partial charge < -0.3 is 0 Å². The Kier molecular flexibility index (Phi) is 3.39. The van der Waals surface area contributed by atoms with Gasteiger partial charge in [0, 0.05) is 13.1 Å². The van der Waals surface area contributed by atoms with Crippen LogP contribution in [0.1, 0.15) is 39.3 Å². The molecule has 1 amide bonds. The number of amides is 1. The SMILES string of the molecule is C.CC1(C)CN2CCC(c3cccc(F)c3)N2C1=O. The van der Waals surface area contributed by atoms with E-state index in [1.54, 1.807) is 6.07 Å². The Morgan fingerprint density at radius 2 is 2.11 bits per heavy atom. The van der Waals surface area contributed by atoms with Crippen molar-refractivity contribution in [3.8, 4) is 0 Å². The fraction of sp³-hybridized carbons (Fsp3) is 0.533. The number of nitrogens with zero attached hydrogens (tertiary/aromatic N) is 2. The summed E-state index contributed by atoms with van der Waals surface area (Å²) in [7, 11) is 0. The molecule has 2 fully saturated rings. The van der Waals surface area contributed by atoms with Gasteiger partial charge in [0.15, 0.2) is 0 Å². The molecule has 1 unspecified atom stereocenters. The Hall–Kier alpha value is -1.42. The van der Waals surface area contributed by atoms with E-state index < -0.39 is 0 Å². The van der Waals surface area contributed by atoms with Crippen molar-refractivity contribution >= 4 is 5.91 Å². The molecule has 104 valence electrons. The van der Waals surface area contributed by atoms with Crippen LogP contribution in [0.15, 0.2) is 24.3 Å². The molecule has 4 heteroatoms. The Labute approximate surface area is 114 Å². The smallest absolute Gasteiger partial charge is 0.244 e. The highest BCUT2D eigenvalue weighted by Gasteiger charge is 2.50. The van der Waals surface area contributed by atoms with Crippen LogP contribution in [0.25, 0.3) is 0 Å². The van der Waals surface area contributed by atoms with Crippen molar-refractivity contribution in [3.63, 3.8) is 0 Å². The van der Waals surface area contributed by atoms with Gasteiger partial charge in [-0.15, -0.1) is 0 Å². The molecule has 0 aliphatic carbocycles. The maximum Gasteiger partial charge on any atom is 0.244 e. The molecule has 2 aliphatic rings. The van der Waals surface area contributed by atoms with E-state index >= 15 is 0 Å². The lowest BCUT2D eigenvalue weighted by Gasteiger charge is -2.26. The van der Waals surface area contributed by atoms with Crippen molar-refractivity contribution in [2.45, 2.75) is 33.7 Å². The summed E-state index contributed by atoms with van der Waals surface area (Å²) in [5, 5.41) is 3.92. The van der Waals surface area contributed by atoms with Gasteiger partial charge >= 0.3 is 0 Å². The zero-order valence-electron chi connectivity index (χ0n) is 10.7. The van der Waals surface area contributed by atoms with Gasteiger partial charge in [-0.25, -0.2) is 9.40 Å². The molecule has 3 rings (SSSR count). The van der Waals surface area contributed by atoms with E-state index in [1.165, 1.54) is 12.1 Å². The molecule has 0 spiro atoms. The molecule has 1 aromatic rings. The van der Waals surface area contributed by atoms with Crippen LogP contribution in [0.2, 0.25) is 0 Å². The number of rotatable bonds is 1. The lowest BCUT2D eigenvalue weighted by molar-refractivity contribution is -0.142. The lowest BCUT2D eigenvalue weighted by atomic mass is 9.92. The number of benzene rings is 1. The van der Waals surface area contributed by atoms with Crippen molar-refractivity contribution in [1.29, 1.82) is 0 Å². The lowest BCUT2D eigenvalue weighted by Crippen LogP contribution is -2.35. The number of carbonyl (C=O) groups is 1. The number of carbonyl (C=O) groups excluding carboxylic acids is 1. The number of hydrogen-bond acceptors (Lipinski definition) is 2. The minimum atomic E-state index is -0.327. The van der Waals surface area contributed by atoms with E-state index in [1.807, 2.05) is 24.9 Å². The molecule has 1 aromatic carbocycles. The van der Waals surface area contributed by atoms with Crippen molar-refractivity contribution < 1.29 is 9.18 Å². The average Bonchev–Trinajstić information content (AvgIpc) is 2.79. The third kappa shape index (κ3) is 2.14. The van der Waals surface area contributed by atoms with Gasteiger partial charge in [-0.3, -0.25) is 9.80 Å². The van der Waals surface area contributed by atoms with Gasteiger partial charge in [0.05, 0.1) is 11.5 Å². The second-order valence-electron chi connectivity index (χ2n) is 5.78. The van der Waals surface area contributed by atoms with E-state index in [2.05, 4.69) is 5.01 Å². The molecule has 3 nitrogen and oxygen atoms in total. The fourth-order valence-corrected chi connectivity index (χ4v) is 2.98. The summed E-state index contributed by atoms with van der Waals surface area (Å²) < 4.78 is 13.3. The normalized spacial score (nSPS) is 25.3. The Morgan fingerprint density at radius 1 is 1.37 bits per heavy atom. The first-order valence-electron chi connectivity index (χ1n) is 6.33. The van der Waals surface area contributed by atoms with Crippen LogP contribution in [0.4, 0.5) is 4.39 Å². The van der Waals surface area contributed by atoms with Crippen LogP contribution in [-0.4, -0.2) is 29.0 Å². The van der Waals surface area contributed by atoms with E-state index in [0.717, 1.165) is 25.1 Å². The summed E-state index contributed by atoms with van der Waals surface area (Å²) in [5.74, 6) is -0.0916. The molecule has 2 saturated heterocycles.